The summed E-state index contributed by atoms with van der Waals surface area (Å²) in [4.78, 5) is 2.30. The number of likely N-dealkylation sites (tertiary alicyclic amines) is 1. The molecule has 104 valence electrons. The largest absolute Gasteiger partial charge is 0.409 e. The molecule has 3 N–H and O–H groups in total. The van der Waals surface area contributed by atoms with Crippen LogP contribution >= 0.6 is 23.2 Å². The maximum Gasteiger partial charge on any atom is 0.142 e. The highest BCUT2D eigenvalue weighted by Gasteiger charge is 2.22. The van der Waals surface area contributed by atoms with Gasteiger partial charge in [-0.05, 0) is 49.7 Å². The molecular weight excluding hydrogens is 285 g/mol. The summed E-state index contributed by atoms with van der Waals surface area (Å²) in [6.07, 6.45) is 1.79. The molecule has 0 spiro atoms. The Bertz CT molecular complexity index is 471. The molecule has 1 aromatic rings. The van der Waals surface area contributed by atoms with E-state index in [0.717, 1.165) is 43.1 Å². The summed E-state index contributed by atoms with van der Waals surface area (Å²) in [6.45, 7) is 2.59. The van der Waals surface area contributed by atoms with E-state index in [-0.39, 0.29) is 5.92 Å². The number of amidine groups is 1. The molecule has 0 aliphatic carbocycles. The second kappa shape index (κ2) is 6.46. The highest BCUT2D eigenvalue weighted by atomic mass is 35.5. The van der Waals surface area contributed by atoms with Gasteiger partial charge in [-0.25, -0.2) is 0 Å². The first kappa shape index (κ1) is 14.4. The standard InChI is InChI=1S/C13H17Cl2N3O/c14-11-1-2-12(15)10(7-11)8-18-5-3-9(4-6-18)13(16)17-19/h1-2,7,9,19H,3-6,8H2,(H2,16,17). The Balaban J connectivity index is 1.94. The lowest BCUT2D eigenvalue weighted by Gasteiger charge is -2.31. The van der Waals surface area contributed by atoms with Gasteiger partial charge in [0.05, 0.1) is 0 Å². The van der Waals surface area contributed by atoms with Gasteiger partial charge in [-0.15, -0.1) is 0 Å². The summed E-state index contributed by atoms with van der Waals surface area (Å²) >= 11 is 12.1. The number of rotatable bonds is 3. The molecular formula is C13H17Cl2N3O. The molecule has 1 aromatic carbocycles. The highest BCUT2D eigenvalue weighted by molar-refractivity contribution is 6.33. The number of hydrogen-bond acceptors (Lipinski definition) is 3. The van der Waals surface area contributed by atoms with Gasteiger partial charge in [-0.3, -0.25) is 4.90 Å². The van der Waals surface area contributed by atoms with Crippen molar-refractivity contribution in [3.05, 3.63) is 33.8 Å². The number of nitrogens with zero attached hydrogens (tertiary/aromatic N) is 2. The van der Waals surface area contributed by atoms with Gasteiger partial charge >= 0.3 is 0 Å². The van der Waals surface area contributed by atoms with E-state index in [2.05, 4.69) is 10.1 Å². The second-order valence-corrected chi connectivity index (χ2v) is 5.65. The normalized spacial score (nSPS) is 18.7. The smallest absolute Gasteiger partial charge is 0.142 e. The van der Waals surface area contributed by atoms with E-state index < -0.39 is 0 Å². The van der Waals surface area contributed by atoms with E-state index in [1.165, 1.54) is 0 Å². The minimum Gasteiger partial charge on any atom is -0.409 e. The molecule has 4 nitrogen and oxygen atoms in total. The van der Waals surface area contributed by atoms with Crippen LogP contribution in [0.25, 0.3) is 0 Å². The van der Waals surface area contributed by atoms with E-state index >= 15 is 0 Å². The third-order valence-electron chi connectivity index (χ3n) is 3.52. The van der Waals surface area contributed by atoms with Crippen LogP contribution in [-0.2, 0) is 6.54 Å². The molecule has 1 aliphatic rings. The van der Waals surface area contributed by atoms with Crippen molar-refractivity contribution in [1.82, 2.24) is 4.90 Å². The maximum atomic E-state index is 8.67. The Hall–Kier alpha value is -0.970. The van der Waals surface area contributed by atoms with E-state index in [0.29, 0.717) is 10.9 Å². The average Bonchev–Trinajstić information content (AvgIpc) is 2.43. The summed E-state index contributed by atoms with van der Waals surface area (Å²) < 4.78 is 0. The molecule has 0 radical (unpaired) electrons. The van der Waals surface area contributed by atoms with E-state index in [4.69, 9.17) is 34.1 Å². The Kier molecular flexibility index (Phi) is 4.91. The fourth-order valence-corrected chi connectivity index (χ4v) is 2.75. The van der Waals surface area contributed by atoms with Crippen molar-refractivity contribution in [2.75, 3.05) is 13.1 Å². The molecule has 0 amide bonds. The molecule has 1 fully saturated rings. The first-order chi connectivity index (χ1) is 9.10. The maximum absolute atomic E-state index is 8.67. The van der Waals surface area contributed by atoms with E-state index in [1.807, 2.05) is 12.1 Å². The van der Waals surface area contributed by atoms with Crippen molar-refractivity contribution in [3.63, 3.8) is 0 Å². The average molecular weight is 302 g/mol. The predicted molar refractivity (Wildman–Crippen MR) is 77.9 cm³/mol. The number of nitrogens with two attached hydrogens (primary N) is 1. The van der Waals surface area contributed by atoms with Crippen molar-refractivity contribution < 1.29 is 5.21 Å². The second-order valence-electron chi connectivity index (χ2n) is 4.81. The predicted octanol–water partition coefficient (Wildman–Crippen LogP) is 2.95. The molecule has 1 heterocycles. The number of piperidine rings is 1. The van der Waals surface area contributed by atoms with Crippen molar-refractivity contribution in [2.24, 2.45) is 16.8 Å². The van der Waals surface area contributed by atoms with E-state index in [9.17, 15) is 0 Å². The zero-order valence-electron chi connectivity index (χ0n) is 10.5. The molecule has 0 atom stereocenters. The van der Waals surface area contributed by atoms with Crippen LogP contribution in [0.3, 0.4) is 0 Å². The molecule has 0 aromatic heterocycles. The zero-order chi connectivity index (χ0) is 13.8. The summed E-state index contributed by atoms with van der Waals surface area (Å²) in [5.74, 6) is 0.511. The molecule has 0 unspecified atom stereocenters. The van der Waals surface area contributed by atoms with Crippen LogP contribution in [0.15, 0.2) is 23.4 Å². The van der Waals surface area contributed by atoms with Crippen molar-refractivity contribution in [3.8, 4) is 0 Å². The van der Waals surface area contributed by atoms with Gasteiger partial charge in [0.1, 0.15) is 5.84 Å². The Morgan fingerprint density at radius 3 is 2.68 bits per heavy atom. The first-order valence-corrected chi connectivity index (χ1v) is 6.99. The van der Waals surface area contributed by atoms with Crippen molar-refractivity contribution >= 4 is 29.0 Å². The summed E-state index contributed by atoms with van der Waals surface area (Å²) in [5.41, 5.74) is 6.67. The zero-order valence-corrected chi connectivity index (χ0v) is 12.0. The molecule has 0 bridgehead atoms. The Labute approximate surface area is 122 Å². The van der Waals surface area contributed by atoms with E-state index in [1.54, 1.807) is 6.07 Å². The molecule has 0 saturated carbocycles. The Morgan fingerprint density at radius 1 is 1.37 bits per heavy atom. The first-order valence-electron chi connectivity index (χ1n) is 6.24. The topological polar surface area (TPSA) is 61.9 Å². The number of halogens is 2. The summed E-state index contributed by atoms with van der Waals surface area (Å²) in [5, 5.41) is 13.2. The molecule has 19 heavy (non-hydrogen) atoms. The van der Waals surface area contributed by atoms with Gasteiger partial charge in [-0.1, -0.05) is 28.4 Å². The molecule has 1 saturated heterocycles. The van der Waals surface area contributed by atoms with Crippen LogP contribution in [0.2, 0.25) is 10.0 Å². The number of oxime groups is 1. The molecule has 6 heteroatoms. The van der Waals surface area contributed by atoms with Gasteiger partial charge in [0.15, 0.2) is 0 Å². The van der Waals surface area contributed by atoms with Crippen molar-refractivity contribution in [1.29, 1.82) is 0 Å². The fraction of sp³-hybridized carbons (Fsp3) is 0.462. The third-order valence-corrected chi connectivity index (χ3v) is 4.13. The third kappa shape index (κ3) is 3.75. The van der Waals surface area contributed by atoms with Crippen LogP contribution in [0, 0.1) is 5.92 Å². The van der Waals surface area contributed by atoms with Crippen LogP contribution in [-0.4, -0.2) is 29.0 Å². The van der Waals surface area contributed by atoms with Crippen LogP contribution in [0.4, 0.5) is 0 Å². The lowest BCUT2D eigenvalue weighted by atomic mass is 9.95. The van der Waals surface area contributed by atoms with Gasteiger partial charge in [0, 0.05) is 22.5 Å². The summed E-state index contributed by atoms with van der Waals surface area (Å²) in [6, 6.07) is 5.51. The van der Waals surface area contributed by atoms with Crippen LogP contribution < -0.4 is 5.73 Å². The van der Waals surface area contributed by atoms with Gasteiger partial charge in [-0.2, -0.15) is 0 Å². The Morgan fingerprint density at radius 2 is 2.05 bits per heavy atom. The molecule has 2 rings (SSSR count). The number of benzene rings is 1. The van der Waals surface area contributed by atoms with Gasteiger partial charge in [0.25, 0.3) is 0 Å². The minimum absolute atomic E-state index is 0.177. The van der Waals surface area contributed by atoms with Crippen LogP contribution in [0.1, 0.15) is 18.4 Å². The highest BCUT2D eigenvalue weighted by Crippen LogP contribution is 2.24. The van der Waals surface area contributed by atoms with Gasteiger partial charge in [0.2, 0.25) is 0 Å². The number of hydrogen-bond donors (Lipinski definition) is 2. The fourth-order valence-electron chi connectivity index (χ4n) is 2.37. The quantitative estimate of drug-likeness (QED) is 0.390. The monoisotopic (exact) mass is 301 g/mol. The lowest BCUT2D eigenvalue weighted by Crippen LogP contribution is -2.38. The minimum atomic E-state index is 0.177. The van der Waals surface area contributed by atoms with Crippen LogP contribution in [0.5, 0.6) is 0 Å². The lowest BCUT2D eigenvalue weighted by molar-refractivity contribution is 0.198. The van der Waals surface area contributed by atoms with Crippen molar-refractivity contribution in [2.45, 2.75) is 19.4 Å². The van der Waals surface area contributed by atoms with Gasteiger partial charge < -0.3 is 10.9 Å². The SMILES string of the molecule is NC(=NO)C1CCN(Cc2cc(Cl)ccc2Cl)CC1. The summed E-state index contributed by atoms with van der Waals surface area (Å²) in [7, 11) is 0. The molecule has 1 aliphatic heterocycles.